The number of alkyl halides is 3. The smallest absolute Gasteiger partial charge is 0.331 e. The highest BCUT2D eigenvalue weighted by atomic mass is 19.4. The molecule has 0 radical (unpaired) electrons. The highest BCUT2D eigenvalue weighted by Gasteiger charge is 2.34. The molecule has 1 N–H and O–H groups in total. The van der Waals surface area contributed by atoms with Gasteiger partial charge in [0.2, 0.25) is 5.91 Å². The third kappa shape index (κ3) is 3.41. The molecule has 3 rings (SSSR count). The first kappa shape index (κ1) is 16.5. The second-order valence-corrected chi connectivity index (χ2v) is 5.77. The predicted octanol–water partition coefficient (Wildman–Crippen LogP) is 2.08. The van der Waals surface area contributed by atoms with Crippen molar-refractivity contribution >= 4 is 5.91 Å². The molecular formula is C14H17F3N6O. The number of hydrogen-bond donors (Lipinski definition) is 1. The highest BCUT2D eigenvalue weighted by molar-refractivity contribution is 5.76. The fourth-order valence-corrected chi connectivity index (χ4v) is 2.84. The Morgan fingerprint density at radius 2 is 2.21 bits per heavy atom. The number of piperidine rings is 1. The summed E-state index contributed by atoms with van der Waals surface area (Å²) < 4.78 is 38.8. The van der Waals surface area contributed by atoms with E-state index >= 15 is 0 Å². The molecule has 0 saturated carbocycles. The molecule has 1 saturated heterocycles. The maximum Gasteiger partial charge on any atom is 0.435 e. The van der Waals surface area contributed by atoms with Crippen molar-refractivity contribution in [2.45, 2.75) is 44.9 Å². The van der Waals surface area contributed by atoms with Crippen LogP contribution in [0.15, 0.2) is 12.3 Å². The van der Waals surface area contributed by atoms with Crippen LogP contribution in [0.25, 0.3) is 0 Å². The zero-order valence-electron chi connectivity index (χ0n) is 13.0. The Morgan fingerprint density at radius 1 is 1.42 bits per heavy atom. The minimum absolute atomic E-state index is 0.240. The van der Waals surface area contributed by atoms with E-state index in [2.05, 4.69) is 20.3 Å². The number of aromatic nitrogens is 5. The first-order valence-electron chi connectivity index (χ1n) is 7.63. The van der Waals surface area contributed by atoms with Crippen molar-refractivity contribution < 1.29 is 18.0 Å². The van der Waals surface area contributed by atoms with Crippen LogP contribution < -0.4 is 0 Å². The van der Waals surface area contributed by atoms with E-state index in [0.717, 1.165) is 36.2 Å². The van der Waals surface area contributed by atoms with Gasteiger partial charge in [-0.05, 0) is 32.3 Å². The quantitative estimate of drug-likeness (QED) is 0.926. The molecular weight excluding hydrogens is 325 g/mol. The van der Waals surface area contributed by atoms with Crippen LogP contribution in [-0.4, -0.2) is 42.3 Å². The van der Waals surface area contributed by atoms with Gasteiger partial charge in [0.05, 0.1) is 6.04 Å². The van der Waals surface area contributed by atoms with E-state index in [-0.39, 0.29) is 18.5 Å². The molecule has 7 nitrogen and oxygen atoms in total. The van der Waals surface area contributed by atoms with E-state index in [1.807, 2.05) is 0 Å². The molecule has 2 aromatic heterocycles. The standard InChI is InChI=1S/C14H17F3N6O/c1-9-18-13(20-19-9)10-4-2-3-6-23(10)12(24)8-22-7-5-11(21-22)14(15,16)17/h5,7,10H,2-4,6,8H2,1H3,(H,18,19,20). The zero-order valence-corrected chi connectivity index (χ0v) is 13.0. The molecule has 3 heterocycles. The summed E-state index contributed by atoms with van der Waals surface area (Å²) >= 11 is 0. The number of likely N-dealkylation sites (tertiary alicyclic amines) is 1. The number of carbonyl (C=O) groups excluding carboxylic acids is 1. The van der Waals surface area contributed by atoms with Gasteiger partial charge >= 0.3 is 6.18 Å². The van der Waals surface area contributed by atoms with E-state index in [4.69, 9.17) is 0 Å². The lowest BCUT2D eigenvalue weighted by Gasteiger charge is -2.34. The van der Waals surface area contributed by atoms with Crippen molar-refractivity contribution in [3.63, 3.8) is 0 Å². The molecule has 1 amide bonds. The Morgan fingerprint density at radius 3 is 2.83 bits per heavy atom. The topological polar surface area (TPSA) is 79.7 Å². The SMILES string of the molecule is Cc1nc(C2CCCCN2C(=O)Cn2ccc(C(F)(F)F)n2)n[nH]1. The largest absolute Gasteiger partial charge is 0.435 e. The molecule has 10 heteroatoms. The number of halogens is 3. The number of rotatable bonds is 3. The number of amides is 1. The number of carbonyl (C=O) groups is 1. The number of nitrogens with zero attached hydrogens (tertiary/aromatic N) is 5. The number of hydrogen-bond acceptors (Lipinski definition) is 4. The van der Waals surface area contributed by atoms with Crippen LogP contribution >= 0.6 is 0 Å². The Hall–Kier alpha value is -2.39. The molecule has 0 aliphatic carbocycles. The summed E-state index contributed by atoms with van der Waals surface area (Å²) in [6.45, 7) is 2.06. The van der Waals surface area contributed by atoms with Gasteiger partial charge in [-0.1, -0.05) is 0 Å². The van der Waals surface area contributed by atoms with Gasteiger partial charge in [-0.25, -0.2) is 4.98 Å². The highest BCUT2D eigenvalue weighted by Crippen LogP contribution is 2.30. The minimum Gasteiger partial charge on any atom is -0.331 e. The van der Waals surface area contributed by atoms with Crippen molar-refractivity contribution in [2.75, 3.05) is 6.54 Å². The lowest BCUT2D eigenvalue weighted by atomic mass is 10.0. The number of aryl methyl sites for hydroxylation is 1. The van der Waals surface area contributed by atoms with Gasteiger partial charge in [0, 0.05) is 12.7 Å². The maximum absolute atomic E-state index is 12.6. The van der Waals surface area contributed by atoms with Crippen LogP contribution in [0.5, 0.6) is 0 Å². The van der Waals surface area contributed by atoms with E-state index in [9.17, 15) is 18.0 Å². The van der Waals surface area contributed by atoms with Crippen LogP contribution in [0.2, 0.25) is 0 Å². The van der Waals surface area contributed by atoms with Crippen molar-refractivity contribution in [3.05, 3.63) is 29.6 Å². The van der Waals surface area contributed by atoms with E-state index in [1.165, 1.54) is 0 Å². The van der Waals surface area contributed by atoms with Gasteiger partial charge in [0.25, 0.3) is 0 Å². The van der Waals surface area contributed by atoms with E-state index in [0.29, 0.717) is 18.2 Å². The van der Waals surface area contributed by atoms with Gasteiger partial charge in [0.1, 0.15) is 12.4 Å². The monoisotopic (exact) mass is 342 g/mol. The number of nitrogens with one attached hydrogen (secondary N) is 1. The lowest BCUT2D eigenvalue weighted by Crippen LogP contribution is -2.40. The second kappa shape index (κ2) is 6.25. The maximum atomic E-state index is 12.6. The normalized spacial score (nSPS) is 18.8. The Bertz CT molecular complexity index is 722. The summed E-state index contributed by atoms with van der Waals surface area (Å²) in [5.74, 6) is 0.904. The summed E-state index contributed by atoms with van der Waals surface area (Å²) in [7, 11) is 0. The molecule has 1 atom stereocenters. The summed E-state index contributed by atoms with van der Waals surface area (Å²) in [6, 6.07) is 0.605. The van der Waals surface area contributed by atoms with Crippen molar-refractivity contribution in [1.29, 1.82) is 0 Å². The van der Waals surface area contributed by atoms with Gasteiger partial charge < -0.3 is 4.90 Å². The van der Waals surface area contributed by atoms with Gasteiger partial charge in [-0.15, -0.1) is 0 Å². The summed E-state index contributed by atoms with van der Waals surface area (Å²) in [6.07, 6.45) is -0.828. The summed E-state index contributed by atoms with van der Waals surface area (Å²) in [5.41, 5.74) is -1.00. The van der Waals surface area contributed by atoms with Crippen LogP contribution in [0.1, 0.15) is 42.6 Å². The minimum atomic E-state index is -4.52. The molecule has 1 fully saturated rings. The third-order valence-corrected chi connectivity index (χ3v) is 3.96. The third-order valence-electron chi connectivity index (χ3n) is 3.96. The Balaban J connectivity index is 1.73. The van der Waals surface area contributed by atoms with Crippen molar-refractivity contribution in [3.8, 4) is 0 Å². The van der Waals surface area contributed by atoms with Crippen molar-refractivity contribution in [2.24, 2.45) is 0 Å². The molecule has 2 aromatic rings. The fourth-order valence-electron chi connectivity index (χ4n) is 2.84. The van der Waals surface area contributed by atoms with Crippen LogP contribution in [0.4, 0.5) is 13.2 Å². The predicted molar refractivity (Wildman–Crippen MR) is 76.7 cm³/mol. The zero-order chi connectivity index (χ0) is 17.3. The number of H-pyrrole nitrogens is 1. The first-order valence-corrected chi connectivity index (χ1v) is 7.63. The number of aromatic amines is 1. The van der Waals surface area contributed by atoms with Crippen LogP contribution in [0.3, 0.4) is 0 Å². The van der Waals surface area contributed by atoms with E-state index in [1.54, 1.807) is 11.8 Å². The molecule has 130 valence electrons. The average molecular weight is 342 g/mol. The first-order chi connectivity index (χ1) is 11.3. The lowest BCUT2D eigenvalue weighted by molar-refractivity contribution is -0.142. The van der Waals surface area contributed by atoms with Crippen LogP contribution in [-0.2, 0) is 17.5 Å². The van der Waals surface area contributed by atoms with Gasteiger partial charge in [-0.3, -0.25) is 14.6 Å². The summed E-state index contributed by atoms with van der Waals surface area (Å²) in [4.78, 5) is 18.4. The van der Waals surface area contributed by atoms with Gasteiger partial charge in [0.15, 0.2) is 11.5 Å². The van der Waals surface area contributed by atoms with Crippen LogP contribution in [0, 0.1) is 6.92 Å². The molecule has 1 aliphatic heterocycles. The van der Waals surface area contributed by atoms with Crippen molar-refractivity contribution in [1.82, 2.24) is 29.9 Å². The molecule has 1 aliphatic rings. The Kier molecular flexibility index (Phi) is 4.29. The summed E-state index contributed by atoms with van der Waals surface area (Å²) in [5, 5.41) is 10.3. The molecule has 1 unspecified atom stereocenters. The van der Waals surface area contributed by atoms with Gasteiger partial charge in [-0.2, -0.15) is 23.4 Å². The second-order valence-electron chi connectivity index (χ2n) is 5.77. The fraction of sp³-hybridized carbons (Fsp3) is 0.571. The molecule has 0 aromatic carbocycles. The van der Waals surface area contributed by atoms with E-state index < -0.39 is 11.9 Å². The average Bonchev–Trinajstić information content (AvgIpc) is 3.16. The Labute approximate surface area is 135 Å². The molecule has 24 heavy (non-hydrogen) atoms. The molecule has 0 bridgehead atoms. The molecule has 0 spiro atoms.